The lowest BCUT2D eigenvalue weighted by Gasteiger charge is -2.29. The number of nitrogens with zero attached hydrogens (tertiary/aromatic N) is 3. The molecule has 94 valence electrons. The molecule has 0 aromatic carbocycles. The first-order chi connectivity index (χ1) is 8.35. The average Bonchev–Trinajstić information content (AvgIpc) is 2.89. The highest BCUT2D eigenvalue weighted by Gasteiger charge is 2.23. The molecule has 1 aliphatic heterocycles. The Morgan fingerprint density at radius 2 is 2.41 bits per heavy atom. The highest BCUT2D eigenvalue weighted by molar-refractivity contribution is 5.42. The summed E-state index contributed by atoms with van der Waals surface area (Å²) in [5.41, 5.74) is 0. The van der Waals surface area contributed by atoms with Gasteiger partial charge in [-0.2, -0.15) is 0 Å². The first kappa shape index (κ1) is 12.1. The van der Waals surface area contributed by atoms with Crippen LogP contribution >= 0.6 is 0 Å². The Kier molecular flexibility index (Phi) is 4.14. The quantitative estimate of drug-likeness (QED) is 0.828. The van der Waals surface area contributed by atoms with Gasteiger partial charge in [-0.05, 0) is 19.4 Å². The van der Waals surface area contributed by atoms with Crippen LogP contribution < -0.4 is 15.0 Å². The maximum absolute atomic E-state index is 5.15. The van der Waals surface area contributed by atoms with Gasteiger partial charge < -0.3 is 15.0 Å². The molecule has 0 amide bonds. The third kappa shape index (κ3) is 2.85. The van der Waals surface area contributed by atoms with E-state index in [1.165, 1.54) is 6.42 Å². The molecule has 1 N–H and O–H groups in total. The summed E-state index contributed by atoms with van der Waals surface area (Å²) in [6.45, 7) is 5.33. The number of aromatic nitrogens is 2. The van der Waals surface area contributed by atoms with Crippen molar-refractivity contribution in [3.8, 4) is 5.88 Å². The van der Waals surface area contributed by atoms with Crippen LogP contribution in [0.3, 0.4) is 0 Å². The van der Waals surface area contributed by atoms with Crippen LogP contribution in [0.1, 0.15) is 19.8 Å². The van der Waals surface area contributed by atoms with Crippen LogP contribution in [-0.4, -0.2) is 42.8 Å². The molecule has 1 aromatic rings. The molecular weight excluding hydrogens is 216 g/mol. The van der Waals surface area contributed by atoms with Crippen LogP contribution in [0.2, 0.25) is 0 Å². The Morgan fingerprint density at radius 1 is 1.53 bits per heavy atom. The normalized spacial score (nSPS) is 19.3. The molecule has 5 heteroatoms. The van der Waals surface area contributed by atoms with E-state index in [0.717, 1.165) is 31.9 Å². The van der Waals surface area contributed by atoms with Crippen LogP contribution in [-0.2, 0) is 0 Å². The minimum atomic E-state index is 0.537. The number of methoxy groups -OCH3 is 1. The van der Waals surface area contributed by atoms with Gasteiger partial charge in [0.1, 0.15) is 12.1 Å². The predicted octanol–water partition coefficient (Wildman–Crippen LogP) is 1.06. The molecule has 1 aromatic heterocycles. The van der Waals surface area contributed by atoms with Crippen molar-refractivity contribution >= 4 is 5.82 Å². The van der Waals surface area contributed by atoms with E-state index < -0.39 is 0 Å². The lowest BCUT2D eigenvalue weighted by atomic mass is 10.2. The molecule has 1 fully saturated rings. The first-order valence-electron chi connectivity index (χ1n) is 6.18. The van der Waals surface area contributed by atoms with Crippen molar-refractivity contribution < 1.29 is 4.74 Å². The van der Waals surface area contributed by atoms with E-state index in [-0.39, 0.29) is 0 Å². The first-order valence-corrected chi connectivity index (χ1v) is 6.18. The standard InChI is InChI=1S/C12H20N4O/c1-3-6-16(10-4-5-13-8-10)11-7-12(17-2)15-9-14-11/h7,9-10,13H,3-6,8H2,1-2H3. The van der Waals surface area contributed by atoms with Gasteiger partial charge in [-0.15, -0.1) is 0 Å². The molecule has 2 heterocycles. The second kappa shape index (κ2) is 5.82. The maximum Gasteiger partial charge on any atom is 0.218 e. The Balaban J connectivity index is 2.18. The van der Waals surface area contributed by atoms with Gasteiger partial charge >= 0.3 is 0 Å². The van der Waals surface area contributed by atoms with Crippen LogP contribution in [0.15, 0.2) is 12.4 Å². The molecule has 1 saturated heterocycles. The second-order valence-corrected chi connectivity index (χ2v) is 4.26. The average molecular weight is 236 g/mol. The van der Waals surface area contributed by atoms with E-state index in [9.17, 15) is 0 Å². The Morgan fingerprint density at radius 3 is 3.06 bits per heavy atom. The highest BCUT2D eigenvalue weighted by Crippen LogP contribution is 2.20. The SMILES string of the molecule is CCCN(c1cc(OC)ncn1)C1CCNC1. The van der Waals surface area contributed by atoms with Gasteiger partial charge in [0.25, 0.3) is 0 Å². The number of anilines is 1. The highest BCUT2D eigenvalue weighted by atomic mass is 16.5. The zero-order valence-corrected chi connectivity index (χ0v) is 10.5. The third-order valence-electron chi connectivity index (χ3n) is 3.07. The number of rotatable bonds is 5. The monoisotopic (exact) mass is 236 g/mol. The van der Waals surface area contributed by atoms with Gasteiger partial charge in [-0.3, -0.25) is 0 Å². The van der Waals surface area contributed by atoms with Gasteiger partial charge in [0.15, 0.2) is 0 Å². The van der Waals surface area contributed by atoms with Crippen molar-refractivity contribution in [2.45, 2.75) is 25.8 Å². The fourth-order valence-corrected chi connectivity index (χ4v) is 2.23. The Bertz CT molecular complexity index is 352. The van der Waals surface area contributed by atoms with Crippen molar-refractivity contribution in [3.63, 3.8) is 0 Å². The fourth-order valence-electron chi connectivity index (χ4n) is 2.23. The smallest absolute Gasteiger partial charge is 0.218 e. The Hall–Kier alpha value is -1.36. The van der Waals surface area contributed by atoms with Crippen molar-refractivity contribution in [2.24, 2.45) is 0 Å². The third-order valence-corrected chi connectivity index (χ3v) is 3.07. The molecule has 1 atom stereocenters. The van der Waals surface area contributed by atoms with E-state index >= 15 is 0 Å². The number of hydrogen-bond donors (Lipinski definition) is 1. The van der Waals surface area contributed by atoms with Crippen LogP contribution in [0.4, 0.5) is 5.82 Å². The van der Waals surface area contributed by atoms with Gasteiger partial charge in [0.2, 0.25) is 5.88 Å². The predicted molar refractivity (Wildman–Crippen MR) is 67.5 cm³/mol. The minimum absolute atomic E-state index is 0.537. The summed E-state index contributed by atoms with van der Waals surface area (Å²) in [6, 6.07) is 2.45. The van der Waals surface area contributed by atoms with Gasteiger partial charge in [0.05, 0.1) is 7.11 Å². The van der Waals surface area contributed by atoms with E-state index in [4.69, 9.17) is 4.74 Å². The van der Waals surface area contributed by atoms with E-state index in [1.54, 1.807) is 13.4 Å². The van der Waals surface area contributed by atoms with Crippen LogP contribution in [0, 0.1) is 0 Å². The van der Waals surface area contributed by atoms with E-state index in [1.807, 2.05) is 6.07 Å². The molecule has 17 heavy (non-hydrogen) atoms. The molecular formula is C12H20N4O. The summed E-state index contributed by atoms with van der Waals surface area (Å²) in [5.74, 6) is 1.59. The summed E-state index contributed by atoms with van der Waals surface area (Å²) in [5, 5.41) is 3.39. The molecule has 1 aliphatic rings. The topological polar surface area (TPSA) is 50.3 Å². The van der Waals surface area contributed by atoms with Crippen molar-refractivity contribution in [2.75, 3.05) is 31.6 Å². The molecule has 0 radical (unpaired) electrons. The number of ether oxygens (including phenoxy) is 1. The number of hydrogen-bond acceptors (Lipinski definition) is 5. The largest absolute Gasteiger partial charge is 0.481 e. The van der Waals surface area contributed by atoms with Crippen molar-refractivity contribution in [1.82, 2.24) is 15.3 Å². The summed E-state index contributed by atoms with van der Waals surface area (Å²) in [7, 11) is 1.63. The van der Waals surface area contributed by atoms with Crippen LogP contribution in [0.5, 0.6) is 5.88 Å². The molecule has 0 spiro atoms. The lowest BCUT2D eigenvalue weighted by molar-refractivity contribution is 0.396. The number of nitrogens with one attached hydrogen (secondary N) is 1. The second-order valence-electron chi connectivity index (χ2n) is 4.26. The maximum atomic E-state index is 5.15. The van der Waals surface area contributed by atoms with Crippen molar-refractivity contribution in [1.29, 1.82) is 0 Å². The summed E-state index contributed by atoms with van der Waals surface area (Å²) < 4.78 is 5.15. The van der Waals surface area contributed by atoms with Gasteiger partial charge in [-0.1, -0.05) is 6.92 Å². The summed E-state index contributed by atoms with van der Waals surface area (Å²) in [6.07, 6.45) is 3.86. The van der Waals surface area contributed by atoms with Gasteiger partial charge in [0, 0.05) is 25.2 Å². The van der Waals surface area contributed by atoms with E-state index in [2.05, 4.69) is 27.1 Å². The zero-order valence-electron chi connectivity index (χ0n) is 10.5. The molecule has 0 bridgehead atoms. The van der Waals surface area contributed by atoms with E-state index in [0.29, 0.717) is 11.9 Å². The lowest BCUT2D eigenvalue weighted by Crippen LogP contribution is -2.38. The summed E-state index contributed by atoms with van der Waals surface area (Å²) >= 11 is 0. The molecule has 2 rings (SSSR count). The van der Waals surface area contributed by atoms with Gasteiger partial charge in [-0.25, -0.2) is 9.97 Å². The molecule has 1 unspecified atom stereocenters. The zero-order chi connectivity index (χ0) is 12.1. The molecule has 0 saturated carbocycles. The molecule has 0 aliphatic carbocycles. The minimum Gasteiger partial charge on any atom is -0.481 e. The fraction of sp³-hybridized carbons (Fsp3) is 0.667. The van der Waals surface area contributed by atoms with Crippen LogP contribution in [0.25, 0.3) is 0 Å². The Labute approximate surface area is 102 Å². The summed E-state index contributed by atoms with van der Waals surface area (Å²) in [4.78, 5) is 10.8. The molecule has 5 nitrogen and oxygen atoms in total. The van der Waals surface area contributed by atoms with Crippen molar-refractivity contribution in [3.05, 3.63) is 12.4 Å².